The van der Waals surface area contributed by atoms with Gasteiger partial charge in [0.2, 0.25) is 0 Å². The molecule has 8 heteroatoms. The van der Waals surface area contributed by atoms with Gasteiger partial charge in [-0.25, -0.2) is 0 Å². The van der Waals surface area contributed by atoms with Crippen molar-refractivity contribution in [2.75, 3.05) is 19.6 Å². The van der Waals surface area contributed by atoms with Gasteiger partial charge >= 0.3 is 0 Å². The van der Waals surface area contributed by atoms with E-state index < -0.39 is 0 Å². The highest BCUT2D eigenvalue weighted by Gasteiger charge is 2.28. The normalized spacial score (nSPS) is 18.6. The zero-order valence-corrected chi connectivity index (χ0v) is 17.6. The van der Waals surface area contributed by atoms with E-state index in [0.29, 0.717) is 18.2 Å². The lowest BCUT2D eigenvalue weighted by atomic mass is 10.1. The van der Waals surface area contributed by atoms with Crippen LogP contribution in [0.5, 0.6) is 0 Å². The van der Waals surface area contributed by atoms with Crippen LogP contribution in [0.2, 0.25) is 0 Å². The summed E-state index contributed by atoms with van der Waals surface area (Å²) >= 11 is 0. The number of likely N-dealkylation sites (tertiary alicyclic amines) is 1. The average Bonchev–Trinajstić information content (AvgIpc) is 3.16. The highest BCUT2D eigenvalue weighted by atomic mass is 16.1. The molecule has 1 fully saturated rings. The number of hydrogen-bond acceptors (Lipinski definition) is 6. The van der Waals surface area contributed by atoms with Gasteiger partial charge in [-0.2, -0.15) is 0 Å². The Hall–Kier alpha value is -3.10. The molecule has 2 aliphatic rings. The molecule has 162 valence electrons. The number of aldehydes is 1. The molecule has 0 aliphatic carbocycles. The summed E-state index contributed by atoms with van der Waals surface area (Å²) in [7, 11) is 0. The molecule has 0 unspecified atom stereocenters. The minimum Gasteiger partial charge on any atom is -0.328 e. The molecule has 2 aliphatic heterocycles. The van der Waals surface area contributed by atoms with Gasteiger partial charge in [0, 0.05) is 54.1 Å². The molecule has 31 heavy (non-hydrogen) atoms. The standard InChI is InChI=1S/C16H20N4O2.C7H7NO/c17-12-5-7-18(8-6-12)9-13-10-19-14(21)3-1-11-2-4-15(22)20(13)16(11)19;1-6-2-3-7(5-9)4-8-6/h1-4,12-13H,5-10,17H2;2-5H,1H3/t13-;/m1./s1. The number of aryl methyl sites for hydroxylation is 1. The van der Waals surface area contributed by atoms with Gasteiger partial charge in [-0.05, 0) is 57.1 Å². The molecule has 0 radical (unpaired) electrons. The lowest BCUT2D eigenvalue weighted by Crippen LogP contribution is -2.43. The van der Waals surface area contributed by atoms with E-state index in [0.717, 1.165) is 55.5 Å². The minimum atomic E-state index is -0.0324. The Morgan fingerprint density at radius 1 is 1.06 bits per heavy atom. The van der Waals surface area contributed by atoms with Crippen LogP contribution in [0.15, 0.2) is 52.2 Å². The summed E-state index contributed by atoms with van der Waals surface area (Å²) in [6.45, 7) is 5.20. The Morgan fingerprint density at radius 3 is 2.42 bits per heavy atom. The van der Waals surface area contributed by atoms with E-state index in [4.69, 9.17) is 5.73 Å². The molecule has 3 aromatic rings. The molecule has 0 bridgehead atoms. The van der Waals surface area contributed by atoms with Crippen molar-refractivity contribution in [1.82, 2.24) is 19.0 Å². The molecule has 1 saturated heterocycles. The molecule has 1 atom stereocenters. The summed E-state index contributed by atoms with van der Waals surface area (Å²) in [4.78, 5) is 40.8. The van der Waals surface area contributed by atoms with Crippen molar-refractivity contribution in [3.8, 4) is 0 Å². The summed E-state index contributed by atoms with van der Waals surface area (Å²) in [6, 6.07) is 10.7. The van der Waals surface area contributed by atoms with Crippen LogP contribution in [0.3, 0.4) is 0 Å². The first-order valence-corrected chi connectivity index (χ1v) is 10.6. The summed E-state index contributed by atoms with van der Waals surface area (Å²) < 4.78 is 3.53. The number of hydrogen-bond donors (Lipinski definition) is 1. The van der Waals surface area contributed by atoms with E-state index in [1.54, 1.807) is 45.7 Å². The molecular weight excluding hydrogens is 394 g/mol. The molecule has 3 aromatic heterocycles. The van der Waals surface area contributed by atoms with Gasteiger partial charge in [0.25, 0.3) is 11.1 Å². The third-order valence-corrected chi connectivity index (χ3v) is 5.99. The van der Waals surface area contributed by atoms with Crippen LogP contribution in [-0.4, -0.2) is 51.0 Å². The van der Waals surface area contributed by atoms with Crippen LogP contribution in [0, 0.1) is 6.92 Å². The van der Waals surface area contributed by atoms with Crippen molar-refractivity contribution in [3.63, 3.8) is 0 Å². The maximum Gasteiger partial charge on any atom is 0.252 e. The zero-order valence-electron chi connectivity index (χ0n) is 17.6. The van der Waals surface area contributed by atoms with E-state index in [1.165, 1.54) is 0 Å². The van der Waals surface area contributed by atoms with Gasteiger partial charge in [-0.1, -0.05) is 0 Å². The molecule has 5 heterocycles. The SMILES string of the molecule is Cc1ccc(C=O)cn1.NC1CCN(C[C@@H]2Cn3c(=O)ccc4ccc(=O)n2c43)CC1. The first-order chi connectivity index (χ1) is 15.0. The number of nitrogens with two attached hydrogens (primary N) is 1. The van der Waals surface area contributed by atoms with Gasteiger partial charge in [-0.3, -0.25) is 28.5 Å². The van der Waals surface area contributed by atoms with E-state index in [-0.39, 0.29) is 17.2 Å². The first kappa shape index (κ1) is 21.1. The topological polar surface area (TPSA) is 103 Å². The molecule has 5 rings (SSSR count). The molecule has 0 amide bonds. The summed E-state index contributed by atoms with van der Waals surface area (Å²) in [5, 5.41) is 0.947. The van der Waals surface area contributed by atoms with Crippen LogP contribution in [0.25, 0.3) is 11.0 Å². The molecule has 2 N–H and O–H groups in total. The Labute approximate surface area is 179 Å². The van der Waals surface area contributed by atoms with Crippen molar-refractivity contribution in [2.45, 2.75) is 38.4 Å². The molecular formula is C23H27N5O3. The zero-order chi connectivity index (χ0) is 22.0. The second-order valence-electron chi connectivity index (χ2n) is 8.25. The smallest absolute Gasteiger partial charge is 0.252 e. The number of rotatable bonds is 3. The molecule has 0 aromatic carbocycles. The average molecular weight is 422 g/mol. The minimum absolute atomic E-state index is 0.0249. The van der Waals surface area contributed by atoms with Crippen LogP contribution in [0.1, 0.15) is 34.9 Å². The Morgan fingerprint density at radius 2 is 1.77 bits per heavy atom. The van der Waals surface area contributed by atoms with E-state index in [2.05, 4.69) is 9.88 Å². The van der Waals surface area contributed by atoms with Crippen LogP contribution < -0.4 is 16.9 Å². The van der Waals surface area contributed by atoms with Crippen molar-refractivity contribution >= 4 is 17.3 Å². The highest BCUT2D eigenvalue weighted by Crippen LogP contribution is 2.24. The lowest BCUT2D eigenvalue weighted by molar-refractivity contribution is 0.112. The fraction of sp³-hybridized carbons (Fsp3) is 0.391. The number of pyridine rings is 3. The van der Waals surface area contributed by atoms with E-state index >= 15 is 0 Å². The summed E-state index contributed by atoms with van der Waals surface area (Å²) in [5.41, 5.74) is 8.21. The second kappa shape index (κ2) is 8.95. The van der Waals surface area contributed by atoms with Gasteiger partial charge in [0.05, 0.1) is 6.04 Å². The Bertz CT molecular complexity index is 1190. The highest BCUT2D eigenvalue weighted by molar-refractivity contribution is 5.76. The van der Waals surface area contributed by atoms with Crippen molar-refractivity contribution in [3.05, 3.63) is 74.6 Å². The van der Waals surface area contributed by atoms with E-state index in [1.807, 2.05) is 13.0 Å². The van der Waals surface area contributed by atoms with Gasteiger partial charge in [0.1, 0.15) is 5.65 Å². The molecule has 0 spiro atoms. The van der Waals surface area contributed by atoms with Crippen LogP contribution >= 0.6 is 0 Å². The number of carbonyl (C=O) groups excluding carboxylic acids is 1. The van der Waals surface area contributed by atoms with Crippen molar-refractivity contribution < 1.29 is 4.79 Å². The number of nitrogens with zero attached hydrogens (tertiary/aromatic N) is 4. The maximum absolute atomic E-state index is 12.3. The fourth-order valence-corrected chi connectivity index (χ4v) is 4.27. The van der Waals surface area contributed by atoms with E-state index in [9.17, 15) is 14.4 Å². The quantitative estimate of drug-likeness (QED) is 0.640. The Balaban J connectivity index is 0.000000217. The molecule has 8 nitrogen and oxygen atoms in total. The largest absolute Gasteiger partial charge is 0.328 e. The maximum atomic E-state index is 12.3. The predicted octanol–water partition coefficient (Wildman–Crippen LogP) is 1.34. The van der Waals surface area contributed by atoms with Crippen LogP contribution in [0.4, 0.5) is 0 Å². The summed E-state index contributed by atoms with van der Waals surface area (Å²) in [5.74, 6) is 0. The van der Waals surface area contributed by atoms with Gasteiger partial charge in [0.15, 0.2) is 6.29 Å². The fourth-order valence-electron chi connectivity index (χ4n) is 4.27. The summed E-state index contributed by atoms with van der Waals surface area (Å²) in [6.07, 6.45) is 4.34. The third kappa shape index (κ3) is 4.50. The van der Waals surface area contributed by atoms with Crippen molar-refractivity contribution in [2.24, 2.45) is 5.73 Å². The number of aromatic nitrogens is 3. The Kier molecular flexibility index (Phi) is 6.11. The predicted molar refractivity (Wildman–Crippen MR) is 120 cm³/mol. The van der Waals surface area contributed by atoms with Crippen LogP contribution in [-0.2, 0) is 6.54 Å². The third-order valence-electron chi connectivity index (χ3n) is 5.99. The molecule has 0 saturated carbocycles. The second-order valence-corrected chi connectivity index (χ2v) is 8.25. The van der Waals surface area contributed by atoms with Crippen molar-refractivity contribution in [1.29, 1.82) is 0 Å². The number of carbonyl (C=O) groups is 1. The monoisotopic (exact) mass is 421 g/mol. The van der Waals surface area contributed by atoms with Gasteiger partial charge in [-0.15, -0.1) is 0 Å². The number of piperidine rings is 1. The first-order valence-electron chi connectivity index (χ1n) is 10.6. The lowest BCUT2D eigenvalue weighted by Gasteiger charge is -2.32. The van der Waals surface area contributed by atoms with Gasteiger partial charge < -0.3 is 10.6 Å².